The van der Waals surface area contributed by atoms with Gasteiger partial charge in [-0.05, 0) is 5.92 Å². The van der Waals surface area contributed by atoms with Gasteiger partial charge in [-0.15, -0.1) is 0 Å². The van der Waals surface area contributed by atoms with Crippen LogP contribution in [0, 0.1) is 5.92 Å². The van der Waals surface area contributed by atoms with Crippen molar-refractivity contribution >= 4 is 0 Å². The highest BCUT2D eigenvalue weighted by Crippen LogP contribution is 2.22. The van der Waals surface area contributed by atoms with Crippen molar-refractivity contribution in [1.82, 2.24) is 0 Å². The van der Waals surface area contributed by atoms with E-state index in [2.05, 4.69) is 0 Å². The second kappa shape index (κ2) is 2.60. The summed E-state index contributed by atoms with van der Waals surface area (Å²) >= 11 is 0. The summed E-state index contributed by atoms with van der Waals surface area (Å²) in [5, 5.41) is 8.71. The molecule has 1 N–H and O–H groups in total. The third kappa shape index (κ3) is 2.75. The van der Waals surface area contributed by atoms with Crippen LogP contribution in [0.3, 0.4) is 0 Å². The van der Waals surface area contributed by atoms with Crippen LogP contribution in [-0.2, 0) is 0 Å². The molecule has 0 amide bonds. The van der Waals surface area contributed by atoms with E-state index in [9.17, 15) is 8.78 Å². The summed E-state index contributed by atoms with van der Waals surface area (Å²) in [6.07, 6.45) is -1.52. The first kappa shape index (κ1) is 8.82. The first-order valence-corrected chi connectivity index (χ1v) is 2.91. The first-order chi connectivity index (χ1) is 3.85. The van der Waals surface area contributed by atoms with Gasteiger partial charge in [0.05, 0.1) is 0 Å². The molecule has 0 saturated carbocycles. The molecule has 0 radical (unpaired) electrons. The molecule has 0 aliphatic carbocycles. The Hall–Kier alpha value is -0.180. The van der Waals surface area contributed by atoms with E-state index in [1.165, 1.54) is 0 Å². The highest BCUT2D eigenvalue weighted by Gasteiger charge is 2.34. The summed E-state index contributed by atoms with van der Waals surface area (Å²) in [7, 11) is 0. The van der Waals surface area contributed by atoms with Crippen LogP contribution in [0.15, 0.2) is 0 Å². The minimum Gasteiger partial charge on any atom is -0.387 e. The Morgan fingerprint density at radius 2 is 1.67 bits per heavy atom. The summed E-state index contributed by atoms with van der Waals surface area (Å²) in [4.78, 5) is 0. The molecule has 3 heteroatoms. The summed E-state index contributed by atoms with van der Waals surface area (Å²) < 4.78 is 24.2. The average Bonchev–Trinajstić information content (AvgIpc) is 1.62. The molecule has 0 aliphatic rings. The summed E-state index contributed by atoms with van der Waals surface area (Å²) in [5.74, 6) is -3.35. The second-order valence-corrected chi connectivity index (χ2v) is 2.65. The van der Waals surface area contributed by atoms with E-state index in [0.717, 1.165) is 6.92 Å². The lowest BCUT2D eigenvalue weighted by Gasteiger charge is -2.20. The lowest BCUT2D eigenvalue weighted by atomic mass is 10.0. The monoisotopic (exact) mass is 138 g/mol. The molecular weight excluding hydrogens is 126 g/mol. The fourth-order valence-electron chi connectivity index (χ4n) is 0.585. The standard InChI is InChI=1S/C6H12F2O/c1-4(2)5(9)6(3,7)8/h4-5,9H,1-3H3/t5-/m1/s1. The van der Waals surface area contributed by atoms with Crippen molar-refractivity contribution in [3.05, 3.63) is 0 Å². The Morgan fingerprint density at radius 1 is 1.33 bits per heavy atom. The van der Waals surface area contributed by atoms with Gasteiger partial charge in [-0.3, -0.25) is 0 Å². The van der Waals surface area contributed by atoms with Gasteiger partial charge in [-0.1, -0.05) is 13.8 Å². The van der Waals surface area contributed by atoms with Crippen molar-refractivity contribution in [3.63, 3.8) is 0 Å². The zero-order valence-corrected chi connectivity index (χ0v) is 5.86. The lowest BCUT2D eigenvalue weighted by molar-refractivity contribution is -0.112. The molecule has 0 unspecified atom stereocenters. The van der Waals surface area contributed by atoms with Crippen LogP contribution in [-0.4, -0.2) is 17.1 Å². The van der Waals surface area contributed by atoms with E-state index in [4.69, 9.17) is 5.11 Å². The Balaban J connectivity index is 3.88. The van der Waals surface area contributed by atoms with E-state index in [1.54, 1.807) is 13.8 Å². The molecule has 0 aromatic rings. The topological polar surface area (TPSA) is 20.2 Å². The number of hydrogen-bond acceptors (Lipinski definition) is 1. The fourth-order valence-corrected chi connectivity index (χ4v) is 0.585. The normalized spacial score (nSPS) is 16.3. The number of hydrogen-bond donors (Lipinski definition) is 1. The third-order valence-electron chi connectivity index (χ3n) is 1.15. The van der Waals surface area contributed by atoms with Crippen molar-refractivity contribution in [1.29, 1.82) is 0 Å². The van der Waals surface area contributed by atoms with Gasteiger partial charge in [0.2, 0.25) is 0 Å². The van der Waals surface area contributed by atoms with Gasteiger partial charge in [-0.2, -0.15) is 0 Å². The molecule has 0 fully saturated rings. The summed E-state index contributed by atoms with van der Waals surface area (Å²) in [5.41, 5.74) is 0. The smallest absolute Gasteiger partial charge is 0.270 e. The average molecular weight is 138 g/mol. The summed E-state index contributed by atoms with van der Waals surface area (Å²) in [6.45, 7) is 3.84. The van der Waals surface area contributed by atoms with Crippen molar-refractivity contribution in [2.75, 3.05) is 0 Å². The van der Waals surface area contributed by atoms with E-state index in [-0.39, 0.29) is 5.92 Å². The number of aliphatic hydroxyl groups excluding tert-OH is 1. The predicted molar refractivity (Wildman–Crippen MR) is 31.5 cm³/mol. The molecule has 56 valence electrons. The molecule has 9 heavy (non-hydrogen) atoms. The quantitative estimate of drug-likeness (QED) is 0.615. The van der Waals surface area contributed by atoms with Gasteiger partial charge < -0.3 is 5.11 Å². The molecule has 0 spiro atoms. The highest BCUT2D eigenvalue weighted by atomic mass is 19.3. The number of rotatable bonds is 2. The predicted octanol–water partition coefficient (Wildman–Crippen LogP) is 1.66. The second-order valence-electron chi connectivity index (χ2n) is 2.65. The van der Waals surface area contributed by atoms with E-state index in [1.807, 2.05) is 0 Å². The molecule has 0 heterocycles. The van der Waals surface area contributed by atoms with Gasteiger partial charge in [0.15, 0.2) is 0 Å². The Kier molecular flexibility index (Phi) is 2.55. The molecule has 0 bridgehead atoms. The van der Waals surface area contributed by atoms with Gasteiger partial charge in [-0.25, -0.2) is 8.78 Å². The third-order valence-corrected chi connectivity index (χ3v) is 1.15. The van der Waals surface area contributed by atoms with Crippen LogP contribution >= 0.6 is 0 Å². The lowest BCUT2D eigenvalue weighted by Crippen LogP contribution is -2.34. The van der Waals surface area contributed by atoms with Crippen molar-refractivity contribution < 1.29 is 13.9 Å². The van der Waals surface area contributed by atoms with Crippen LogP contribution < -0.4 is 0 Å². The van der Waals surface area contributed by atoms with Crippen LogP contribution in [0.25, 0.3) is 0 Å². The van der Waals surface area contributed by atoms with Gasteiger partial charge >= 0.3 is 0 Å². The minimum atomic E-state index is -2.96. The molecular formula is C6H12F2O. The number of halogens is 2. The number of aliphatic hydroxyl groups is 1. The molecule has 1 atom stereocenters. The fraction of sp³-hybridized carbons (Fsp3) is 1.00. The molecule has 1 nitrogen and oxygen atoms in total. The maximum atomic E-state index is 12.1. The van der Waals surface area contributed by atoms with Crippen LogP contribution in [0.5, 0.6) is 0 Å². The van der Waals surface area contributed by atoms with Crippen molar-refractivity contribution in [3.8, 4) is 0 Å². The van der Waals surface area contributed by atoms with E-state index in [0.29, 0.717) is 0 Å². The minimum absolute atomic E-state index is 0.384. The zero-order chi connectivity index (χ0) is 7.65. The Bertz CT molecular complexity index is 85.5. The molecule has 0 saturated heterocycles. The van der Waals surface area contributed by atoms with E-state index >= 15 is 0 Å². The van der Waals surface area contributed by atoms with Crippen molar-refractivity contribution in [2.45, 2.75) is 32.8 Å². The largest absolute Gasteiger partial charge is 0.387 e. The Morgan fingerprint density at radius 3 is 1.67 bits per heavy atom. The van der Waals surface area contributed by atoms with Crippen LogP contribution in [0.2, 0.25) is 0 Å². The first-order valence-electron chi connectivity index (χ1n) is 2.91. The summed E-state index contributed by atoms with van der Waals surface area (Å²) in [6, 6.07) is 0. The maximum absolute atomic E-state index is 12.1. The highest BCUT2D eigenvalue weighted by molar-refractivity contribution is 4.73. The SMILES string of the molecule is CC(C)[C@@H](O)C(C)(F)F. The zero-order valence-electron chi connectivity index (χ0n) is 5.86. The van der Waals surface area contributed by atoms with Gasteiger partial charge in [0, 0.05) is 6.92 Å². The molecule has 0 aliphatic heterocycles. The van der Waals surface area contributed by atoms with Gasteiger partial charge in [0.1, 0.15) is 6.10 Å². The van der Waals surface area contributed by atoms with Crippen LogP contribution in [0.1, 0.15) is 20.8 Å². The van der Waals surface area contributed by atoms with Crippen molar-refractivity contribution in [2.24, 2.45) is 5.92 Å². The van der Waals surface area contributed by atoms with Crippen LogP contribution in [0.4, 0.5) is 8.78 Å². The Labute approximate surface area is 53.7 Å². The molecule has 0 aromatic carbocycles. The van der Waals surface area contributed by atoms with Gasteiger partial charge in [0.25, 0.3) is 5.92 Å². The molecule has 0 aromatic heterocycles. The maximum Gasteiger partial charge on any atom is 0.270 e. The molecule has 0 rings (SSSR count). The number of alkyl halides is 2. The van der Waals surface area contributed by atoms with E-state index < -0.39 is 12.0 Å².